The van der Waals surface area contributed by atoms with Crippen LogP contribution in [-0.4, -0.2) is 46.9 Å². The monoisotopic (exact) mass is 604 g/mol. The highest BCUT2D eigenvalue weighted by Crippen LogP contribution is 2.49. The number of fused-ring (bicyclic) bond motifs is 6. The van der Waals surface area contributed by atoms with Crippen molar-refractivity contribution >= 4 is 74.1 Å². The van der Waals surface area contributed by atoms with Gasteiger partial charge < -0.3 is 20.0 Å². The summed E-state index contributed by atoms with van der Waals surface area (Å²) >= 11 is 13.9. The van der Waals surface area contributed by atoms with Crippen molar-refractivity contribution in [1.82, 2.24) is 0 Å². The van der Waals surface area contributed by atoms with Crippen molar-refractivity contribution in [1.29, 1.82) is 0 Å². The molecule has 7 rings (SSSR count). The van der Waals surface area contributed by atoms with E-state index in [4.69, 9.17) is 23.2 Å². The number of amides is 2. The molecule has 0 bridgehead atoms. The summed E-state index contributed by atoms with van der Waals surface area (Å²) in [6.45, 7) is 2.82. The van der Waals surface area contributed by atoms with E-state index in [1.165, 1.54) is 0 Å². The highest BCUT2D eigenvalue weighted by molar-refractivity contribution is 7.16. The zero-order valence-corrected chi connectivity index (χ0v) is 24.5. The maximum absolute atomic E-state index is 13.8. The van der Waals surface area contributed by atoms with Gasteiger partial charge in [0.25, 0.3) is 11.8 Å². The molecule has 0 radical (unpaired) electrons. The number of carbonyl (C=O) groups excluding carboxylic acids is 2. The van der Waals surface area contributed by atoms with Gasteiger partial charge in [0.15, 0.2) is 0 Å². The van der Waals surface area contributed by atoms with Crippen molar-refractivity contribution < 1.29 is 19.8 Å². The number of aromatic hydroxyl groups is 2. The fourth-order valence-electron chi connectivity index (χ4n) is 6.67. The van der Waals surface area contributed by atoms with Crippen LogP contribution in [0.15, 0.2) is 54.6 Å². The van der Waals surface area contributed by atoms with Gasteiger partial charge >= 0.3 is 0 Å². The fraction of sp³-hybridized carbons (Fsp3) is 0.250. The number of phenols is 2. The second kappa shape index (κ2) is 9.79. The second-order valence-corrected chi connectivity index (χ2v) is 12.5. The van der Waals surface area contributed by atoms with Crippen molar-refractivity contribution in [2.75, 3.05) is 34.6 Å². The smallest absolute Gasteiger partial charge is 0.268 e. The molecule has 0 saturated carbocycles. The summed E-state index contributed by atoms with van der Waals surface area (Å²) in [5.41, 5.74) is 6.24. The first-order valence-electron chi connectivity index (χ1n) is 13.5. The number of nitrogens with zero attached hydrogens (tertiary/aromatic N) is 2. The number of benzene rings is 3. The van der Waals surface area contributed by atoms with E-state index in [-0.39, 0.29) is 35.1 Å². The Morgan fingerprint density at radius 1 is 0.854 bits per heavy atom. The number of allylic oxidation sites excluding steroid dienone is 2. The van der Waals surface area contributed by atoms with Gasteiger partial charge in [-0.3, -0.25) is 9.59 Å². The SMILES string of the molecule is CC1=CCc2c(O)cc3c(c21)[C@H](CCl)CN3C(=O)c1ccc(C(=O)N2C[C@@H](CCl)c3c2cc(O)c2ccccc32)s1. The number of hydrogen-bond donors (Lipinski definition) is 2. The molecule has 0 spiro atoms. The van der Waals surface area contributed by atoms with Crippen LogP contribution < -0.4 is 9.80 Å². The predicted molar refractivity (Wildman–Crippen MR) is 166 cm³/mol. The quantitative estimate of drug-likeness (QED) is 0.241. The standard InChI is InChI=1S/C32H26Cl2N2O4S/c1-16-6-7-21-25(38)11-23-30(28(16)21)18(13-34)15-36(23)32(40)27-9-8-26(41-27)31(39)35-14-17(12-33)29-20-5-3-2-4-19(20)24(37)10-22(29)35/h2-6,8-11,17-18,37-38H,7,12-15H2,1H3/t17-,18-/m1/s1. The van der Waals surface area contributed by atoms with E-state index < -0.39 is 0 Å². The maximum Gasteiger partial charge on any atom is 0.268 e. The zero-order valence-electron chi connectivity index (χ0n) is 22.2. The van der Waals surface area contributed by atoms with Gasteiger partial charge in [-0.05, 0) is 53.1 Å². The molecule has 1 aromatic heterocycles. The van der Waals surface area contributed by atoms with Crippen molar-refractivity contribution in [2.45, 2.75) is 25.2 Å². The van der Waals surface area contributed by atoms with Crippen molar-refractivity contribution in [3.05, 3.63) is 86.6 Å². The number of thiophene rings is 1. The first-order chi connectivity index (χ1) is 19.8. The van der Waals surface area contributed by atoms with Gasteiger partial charge in [-0.25, -0.2) is 0 Å². The topological polar surface area (TPSA) is 81.1 Å². The van der Waals surface area contributed by atoms with Crippen LogP contribution in [0, 0.1) is 0 Å². The van der Waals surface area contributed by atoms with Crippen LogP contribution in [-0.2, 0) is 6.42 Å². The summed E-state index contributed by atoms with van der Waals surface area (Å²) in [7, 11) is 0. The molecule has 3 aliphatic rings. The summed E-state index contributed by atoms with van der Waals surface area (Å²) in [5, 5.41) is 23.1. The molecule has 0 fully saturated rings. The Morgan fingerprint density at radius 3 is 2.05 bits per heavy atom. The van der Waals surface area contributed by atoms with Gasteiger partial charge in [0.05, 0.1) is 21.1 Å². The third-order valence-corrected chi connectivity index (χ3v) is 10.4. The number of phenolic OH excluding ortho intramolecular Hbond substituents is 2. The fourth-order valence-corrected chi connectivity index (χ4v) is 8.08. The molecule has 2 N–H and O–H groups in total. The Balaban J connectivity index is 1.22. The average molecular weight is 606 g/mol. The van der Waals surface area contributed by atoms with Gasteiger partial charge in [0, 0.05) is 59.8 Å². The van der Waals surface area contributed by atoms with Crippen LogP contribution in [0.2, 0.25) is 0 Å². The van der Waals surface area contributed by atoms with Crippen LogP contribution >= 0.6 is 34.5 Å². The second-order valence-electron chi connectivity index (χ2n) is 10.8. The van der Waals surface area contributed by atoms with Crippen LogP contribution in [0.3, 0.4) is 0 Å². The maximum atomic E-state index is 13.8. The Hall–Kier alpha value is -3.52. The van der Waals surface area contributed by atoms with E-state index >= 15 is 0 Å². The minimum absolute atomic E-state index is 0.0523. The summed E-state index contributed by atoms with van der Waals surface area (Å²) in [4.78, 5) is 31.8. The molecule has 6 nitrogen and oxygen atoms in total. The largest absolute Gasteiger partial charge is 0.508 e. The van der Waals surface area contributed by atoms with Crippen molar-refractivity contribution in [2.24, 2.45) is 0 Å². The average Bonchev–Trinajstić information content (AvgIpc) is 3.76. The first-order valence-corrected chi connectivity index (χ1v) is 15.4. The Labute approximate surface area is 251 Å². The lowest BCUT2D eigenvalue weighted by Crippen LogP contribution is -2.30. The molecule has 3 heterocycles. The van der Waals surface area contributed by atoms with E-state index in [1.54, 1.807) is 34.1 Å². The third kappa shape index (κ3) is 3.90. The summed E-state index contributed by atoms with van der Waals surface area (Å²) in [6.07, 6.45) is 2.75. The first kappa shape index (κ1) is 26.4. The molecule has 9 heteroatoms. The lowest BCUT2D eigenvalue weighted by Gasteiger charge is -2.19. The molecule has 41 heavy (non-hydrogen) atoms. The minimum Gasteiger partial charge on any atom is -0.508 e. The Bertz CT molecular complexity index is 1810. The molecule has 0 saturated heterocycles. The highest BCUT2D eigenvalue weighted by Gasteiger charge is 2.39. The lowest BCUT2D eigenvalue weighted by molar-refractivity contribution is 0.0986. The summed E-state index contributed by atoms with van der Waals surface area (Å²) in [6, 6.07) is 14.2. The van der Waals surface area contributed by atoms with Crippen LogP contribution in [0.1, 0.15) is 60.4 Å². The molecule has 208 valence electrons. The van der Waals surface area contributed by atoms with Crippen molar-refractivity contribution in [3.8, 4) is 11.5 Å². The molecule has 4 aromatic rings. The van der Waals surface area contributed by atoms with Crippen LogP contribution in [0.25, 0.3) is 16.3 Å². The predicted octanol–water partition coefficient (Wildman–Crippen LogP) is 7.24. The Kier molecular flexibility index (Phi) is 6.30. The van der Waals surface area contributed by atoms with E-state index in [1.807, 2.05) is 31.2 Å². The Morgan fingerprint density at radius 2 is 1.41 bits per heavy atom. The summed E-state index contributed by atoms with van der Waals surface area (Å²) < 4.78 is 0. The molecule has 2 aliphatic heterocycles. The van der Waals surface area contributed by atoms with E-state index in [9.17, 15) is 19.8 Å². The van der Waals surface area contributed by atoms with Gasteiger partial charge in [-0.15, -0.1) is 34.5 Å². The van der Waals surface area contributed by atoms with E-state index in [0.29, 0.717) is 52.4 Å². The van der Waals surface area contributed by atoms with Gasteiger partial charge in [-0.2, -0.15) is 0 Å². The van der Waals surface area contributed by atoms with E-state index in [0.717, 1.165) is 49.9 Å². The normalized spacial score (nSPS) is 19.0. The highest BCUT2D eigenvalue weighted by atomic mass is 35.5. The van der Waals surface area contributed by atoms with Crippen molar-refractivity contribution in [3.63, 3.8) is 0 Å². The number of rotatable bonds is 4. The zero-order chi connectivity index (χ0) is 28.6. The molecule has 0 unspecified atom stereocenters. The summed E-state index contributed by atoms with van der Waals surface area (Å²) in [5.74, 6) is 0.371. The van der Waals surface area contributed by atoms with Crippen LogP contribution in [0.4, 0.5) is 11.4 Å². The molecular weight excluding hydrogens is 579 g/mol. The number of hydrogen-bond acceptors (Lipinski definition) is 5. The molecule has 1 aliphatic carbocycles. The van der Waals surface area contributed by atoms with Crippen LogP contribution in [0.5, 0.6) is 11.5 Å². The number of halogens is 2. The molecule has 2 atom stereocenters. The third-order valence-electron chi connectivity index (χ3n) is 8.57. The molecule has 3 aromatic carbocycles. The van der Waals surface area contributed by atoms with Gasteiger partial charge in [0.2, 0.25) is 0 Å². The molecule has 2 amide bonds. The number of carbonyl (C=O) groups is 2. The van der Waals surface area contributed by atoms with E-state index in [2.05, 4.69) is 6.08 Å². The molecular formula is C32H26Cl2N2O4S. The van der Waals surface area contributed by atoms with Gasteiger partial charge in [0.1, 0.15) is 11.5 Å². The lowest BCUT2D eigenvalue weighted by atomic mass is 9.91. The number of anilines is 2. The number of alkyl halides is 2. The van der Waals surface area contributed by atoms with Gasteiger partial charge in [-0.1, -0.05) is 30.3 Å². The minimum atomic E-state index is -0.241.